The van der Waals surface area contributed by atoms with Crippen molar-refractivity contribution < 1.29 is 13.2 Å². The highest BCUT2D eigenvalue weighted by molar-refractivity contribution is 5.59. The van der Waals surface area contributed by atoms with Gasteiger partial charge in [0.05, 0.1) is 17.1 Å². The number of aromatic nitrogens is 1. The molecule has 0 fully saturated rings. The number of nitrogens with zero attached hydrogens (tertiary/aromatic N) is 1. The van der Waals surface area contributed by atoms with Crippen LogP contribution < -0.4 is 11.1 Å². The van der Waals surface area contributed by atoms with Crippen molar-refractivity contribution in [2.75, 3.05) is 11.1 Å². The van der Waals surface area contributed by atoms with Crippen LogP contribution in [-0.4, -0.2) is 4.98 Å². The molecule has 1 heterocycles. The number of nitrogens with two attached hydrogens (primary N) is 1. The SMILES string of the molecule is Cc1nc(Nc2ccc(F)c(F)c2F)ccc1N. The van der Waals surface area contributed by atoms with Crippen LogP contribution in [0, 0.1) is 24.4 Å². The highest BCUT2D eigenvalue weighted by Gasteiger charge is 2.13. The van der Waals surface area contributed by atoms with Crippen LogP contribution in [0.2, 0.25) is 0 Å². The summed E-state index contributed by atoms with van der Waals surface area (Å²) < 4.78 is 39.1. The molecule has 0 saturated heterocycles. The van der Waals surface area contributed by atoms with E-state index in [4.69, 9.17) is 5.73 Å². The van der Waals surface area contributed by atoms with Gasteiger partial charge < -0.3 is 11.1 Å². The Morgan fingerprint density at radius 3 is 2.44 bits per heavy atom. The highest BCUT2D eigenvalue weighted by Crippen LogP contribution is 2.23. The van der Waals surface area contributed by atoms with Gasteiger partial charge in [0.25, 0.3) is 0 Å². The van der Waals surface area contributed by atoms with Crippen molar-refractivity contribution in [3.05, 3.63) is 47.4 Å². The minimum absolute atomic E-state index is 0.189. The molecule has 2 rings (SSSR count). The molecule has 0 aliphatic heterocycles. The lowest BCUT2D eigenvalue weighted by atomic mass is 10.2. The minimum Gasteiger partial charge on any atom is -0.397 e. The molecule has 18 heavy (non-hydrogen) atoms. The molecule has 6 heteroatoms. The molecule has 3 N–H and O–H groups in total. The number of nitrogens with one attached hydrogen (secondary N) is 1. The molecule has 0 aliphatic rings. The molecular formula is C12H10F3N3. The van der Waals surface area contributed by atoms with Crippen molar-refractivity contribution in [2.24, 2.45) is 0 Å². The second-order valence-electron chi connectivity index (χ2n) is 3.72. The van der Waals surface area contributed by atoms with Gasteiger partial charge in [-0.25, -0.2) is 18.2 Å². The predicted octanol–water partition coefficient (Wildman–Crippen LogP) is 3.13. The van der Waals surface area contributed by atoms with E-state index in [1.54, 1.807) is 13.0 Å². The maximum Gasteiger partial charge on any atom is 0.196 e. The average Bonchev–Trinajstić information content (AvgIpc) is 2.34. The molecule has 2 aromatic rings. The zero-order valence-electron chi connectivity index (χ0n) is 9.47. The van der Waals surface area contributed by atoms with Gasteiger partial charge in [-0.05, 0) is 31.2 Å². The quantitative estimate of drug-likeness (QED) is 0.808. The minimum atomic E-state index is -1.52. The largest absolute Gasteiger partial charge is 0.397 e. The first-order valence-corrected chi connectivity index (χ1v) is 5.12. The number of halogens is 3. The Morgan fingerprint density at radius 2 is 1.78 bits per heavy atom. The summed E-state index contributed by atoms with van der Waals surface area (Å²) in [7, 11) is 0. The molecule has 1 aromatic carbocycles. The molecule has 0 amide bonds. The van der Waals surface area contributed by atoms with Crippen molar-refractivity contribution in [3.8, 4) is 0 Å². The molecule has 0 saturated carbocycles. The van der Waals surface area contributed by atoms with Crippen LogP contribution in [0.15, 0.2) is 24.3 Å². The van der Waals surface area contributed by atoms with Crippen LogP contribution in [0.4, 0.5) is 30.4 Å². The van der Waals surface area contributed by atoms with E-state index in [1.165, 1.54) is 6.07 Å². The second kappa shape index (κ2) is 4.56. The Hall–Kier alpha value is -2.24. The number of rotatable bonds is 2. The van der Waals surface area contributed by atoms with Crippen molar-refractivity contribution >= 4 is 17.2 Å². The van der Waals surface area contributed by atoms with Crippen LogP contribution in [0.25, 0.3) is 0 Å². The van der Waals surface area contributed by atoms with Gasteiger partial charge in [0.1, 0.15) is 5.82 Å². The molecule has 0 unspecified atom stereocenters. The Kier molecular flexibility index (Phi) is 3.10. The van der Waals surface area contributed by atoms with E-state index in [0.717, 1.165) is 12.1 Å². The fraction of sp³-hybridized carbons (Fsp3) is 0.0833. The molecule has 0 atom stereocenters. The molecule has 0 bridgehead atoms. The lowest BCUT2D eigenvalue weighted by molar-refractivity contribution is 0.449. The van der Waals surface area contributed by atoms with Crippen LogP contribution >= 0.6 is 0 Å². The van der Waals surface area contributed by atoms with Crippen molar-refractivity contribution in [1.82, 2.24) is 4.98 Å². The van der Waals surface area contributed by atoms with E-state index < -0.39 is 17.5 Å². The molecule has 0 aliphatic carbocycles. The third-order valence-corrected chi connectivity index (χ3v) is 2.42. The molecular weight excluding hydrogens is 243 g/mol. The Morgan fingerprint density at radius 1 is 1.06 bits per heavy atom. The van der Waals surface area contributed by atoms with E-state index in [9.17, 15) is 13.2 Å². The van der Waals surface area contributed by atoms with Crippen LogP contribution in [-0.2, 0) is 0 Å². The van der Waals surface area contributed by atoms with Gasteiger partial charge in [-0.3, -0.25) is 0 Å². The summed E-state index contributed by atoms with van der Waals surface area (Å²) in [5.74, 6) is -3.75. The standard InChI is InChI=1S/C12H10F3N3/c1-6-8(16)3-5-10(17-6)18-9-4-2-7(13)11(14)12(9)15/h2-5H,16H2,1H3,(H,17,18). The van der Waals surface area contributed by atoms with Gasteiger partial charge in [-0.2, -0.15) is 0 Å². The number of nitrogen functional groups attached to an aromatic ring is 1. The van der Waals surface area contributed by atoms with E-state index in [1.807, 2.05) is 0 Å². The summed E-state index contributed by atoms with van der Waals surface area (Å²) in [5.41, 5.74) is 6.44. The van der Waals surface area contributed by atoms with E-state index in [2.05, 4.69) is 10.3 Å². The lowest BCUT2D eigenvalue weighted by Gasteiger charge is -2.09. The highest BCUT2D eigenvalue weighted by atomic mass is 19.2. The van der Waals surface area contributed by atoms with Gasteiger partial charge in [-0.15, -0.1) is 0 Å². The van der Waals surface area contributed by atoms with E-state index >= 15 is 0 Å². The van der Waals surface area contributed by atoms with Gasteiger partial charge in [0.2, 0.25) is 0 Å². The van der Waals surface area contributed by atoms with Gasteiger partial charge in [0, 0.05) is 0 Å². The van der Waals surface area contributed by atoms with Gasteiger partial charge in [0.15, 0.2) is 17.5 Å². The normalized spacial score (nSPS) is 10.4. The van der Waals surface area contributed by atoms with Crippen LogP contribution in [0.1, 0.15) is 5.69 Å². The average molecular weight is 253 g/mol. The summed E-state index contributed by atoms with van der Waals surface area (Å²) >= 11 is 0. The van der Waals surface area contributed by atoms with Crippen molar-refractivity contribution in [1.29, 1.82) is 0 Å². The number of pyridine rings is 1. The van der Waals surface area contributed by atoms with Crippen molar-refractivity contribution in [2.45, 2.75) is 6.92 Å². The summed E-state index contributed by atoms with van der Waals surface area (Å²) in [5, 5.41) is 2.56. The lowest BCUT2D eigenvalue weighted by Crippen LogP contribution is -2.02. The topological polar surface area (TPSA) is 50.9 Å². The Balaban J connectivity index is 2.34. The first kappa shape index (κ1) is 12.2. The molecule has 3 nitrogen and oxygen atoms in total. The van der Waals surface area contributed by atoms with E-state index in [0.29, 0.717) is 17.2 Å². The third-order valence-electron chi connectivity index (χ3n) is 2.42. The van der Waals surface area contributed by atoms with Crippen molar-refractivity contribution in [3.63, 3.8) is 0 Å². The zero-order valence-corrected chi connectivity index (χ0v) is 9.47. The summed E-state index contributed by atoms with van der Waals surface area (Å²) in [6.45, 7) is 1.68. The number of hydrogen-bond acceptors (Lipinski definition) is 3. The number of benzene rings is 1. The number of hydrogen-bond donors (Lipinski definition) is 2. The summed E-state index contributed by atoms with van der Waals surface area (Å²) in [4.78, 5) is 4.04. The number of anilines is 3. The third kappa shape index (κ3) is 2.22. The fourth-order valence-electron chi connectivity index (χ4n) is 1.40. The fourth-order valence-corrected chi connectivity index (χ4v) is 1.40. The van der Waals surface area contributed by atoms with Crippen LogP contribution in [0.5, 0.6) is 0 Å². The summed E-state index contributed by atoms with van der Waals surface area (Å²) in [6, 6.07) is 5.04. The zero-order chi connectivity index (χ0) is 13.3. The van der Waals surface area contributed by atoms with Gasteiger partial charge in [-0.1, -0.05) is 0 Å². The molecule has 0 radical (unpaired) electrons. The monoisotopic (exact) mass is 253 g/mol. The number of aryl methyl sites for hydroxylation is 1. The smallest absolute Gasteiger partial charge is 0.196 e. The Labute approximate surface area is 101 Å². The molecule has 94 valence electrons. The molecule has 1 aromatic heterocycles. The van der Waals surface area contributed by atoms with E-state index in [-0.39, 0.29) is 5.69 Å². The second-order valence-corrected chi connectivity index (χ2v) is 3.72. The molecule has 0 spiro atoms. The first-order valence-electron chi connectivity index (χ1n) is 5.12. The van der Waals surface area contributed by atoms with Crippen LogP contribution in [0.3, 0.4) is 0 Å². The maximum absolute atomic E-state index is 13.4. The Bertz CT molecular complexity index is 599. The van der Waals surface area contributed by atoms with Gasteiger partial charge >= 0.3 is 0 Å². The maximum atomic E-state index is 13.4. The predicted molar refractivity (Wildman–Crippen MR) is 63.0 cm³/mol. The summed E-state index contributed by atoms with van der Waals surface area (Å²) in [6.07, 6.45) is 0. The first-order chi connectivity index (χ1) is 8.49.